The smallest absolute Gasteiger partial charge is 0.191 e. The zero-order chi connectivity index (χ0) is 20.6. The highest BCUT2D eigenvalue weighted by Crippen LogP contribution is 2.27. The van der Waals surface area contributed by atoms with Gasteiger partial charge in [-0.3, -0.25) is 0 Å². The normalized spacial score (nSPS) is 24.6. The van der Waals surface area contributed by atoms with Crippen LogP contribution in [0.5, 0.6) is 0 Å². The van der Waals surface area contributed by atoms with Crippen LogP contribution in [0.1, 0.15) is 76.9 Å². The fraction of sp³-hybridized carbons (Fsp3) is 0.864. The van der Waals surface area contributed by atoms with Crippen LogP contribution >= 0.6 is 0 Å². The molecule has 1 aromatic rings. The van der Waals surface area contributed by atoms with E-state index in [2.05, 4.69) is 39.6 Å². The van der Waals surface area contributed by atoms with Gasteiger partial charge in [-0.05, 0) is 70.9 Å². The lowest BCUT2D eigenvalue weighted by molar-refractivity contribution is 0.105. The van der Waals surface area contributed by atoms with Crippen molar-refractivity contribution < 1.29 is 0 Å². The van der Waals surface area contributed by atoms with Gasteiger partial charge < -0.3 is 20.1 Å². The number of aryl methyl sites for hydroxylation is 1. The van der Waals surface area contributed by atoms with Crippen LogP contribution in [0.15, 0.2) is 4.99 Å². The summed E-state index contributed by atoms with van der Waals surface area (Å²) in [4.78, 5) is 7.56. The van der Waals surface area contributed by atoms with E-state index in [4.69, 9.17) is 4.99 Å². The highest BCUT2D eigenvalue weighted by molar-refractivity contribution is 5.80. The number of hydrogen-bond acceptors (Lipinski definition) is 4. The summed E-state index contributed by atoms with van der Waals surface area (Å²) >= 11 is 0. The minimum absolute atomic E-state index is 0.518. The van der Waals surface area contributed by atoms with Gasteiger partial charge in [-0.25, -0.2) is 4.99 Å². The average Bonchev–Trinajstić information content (AvgIpc) is 3.05. The number of aliphatic imine (C=N–C) groups is 1. The van der Waals surface area contributed by atoms with E-state index in [9.17, 15) is 0 Å². The van der Waals surface area contributed by atoms with Crippen LogP contribution in [-0.4, -0.2) is 57.3 Å². The van der Waals surface area contributed by atoms with Gasteiger partial charge in [0.15, 0.2) is 11.8 Å². The first-order valence-electron chi connectivity index (χ1n) is 11.7. The molecule has 0 atom stereocenters. The van der Waals surface area contributed by atoms with Crippen LogP contribution in [0.2, 0.25) is 0 Å². The van der Waals surface area contributed by atoms with Crippen molar-refractivity contribution in [3.63, 3.8) is 0 Å². The second-order valence-corrected chi connectivity index (χ2v) is 9.04. The zero-order valence-corrected chi connectivity index (χ0v) is 19.0. The van der Waals surface area contributed by atoms with Crippen molar-refractivity contribution >= 4 is 5.96 Å². The summed E-state index contributed by atoms with van der Waals surface area (Å²) in [6.07, 6.45) is 10.2. The van der Waals surface area contributed by atoms with Gasteiger partial charge in [-0.1, -0.05) is 20.3 Å². The molecule has 0 amide bonds. The molecule has 0 aromatic carbocycles. The summed E-state index contributed by atoms with van der Waals surface area (Å²) in [6.45, 7) is 10.7. The Bertz CT molecular complexity index is 638. The Hall–Kier alpha value is -1.63. The molecule has 1 aliphatic carbocycles. The van der Waals surface area contributed by atoms with E-state index in [1.54, 1.807) is 0 Å². The summed E-state index contributed by atoms with van der Waals surface area (Å²) < 4.78 is 2.01. The third kappa shape index (κ3) is 6.43. The highest BCUT2D eigenvalue weighted by Gasteiger charge is 2.28. The minimum Gasteiger partial charge on any atom is -0.356 e. The molecule has 164 valence electrons. The molecule has 2 heterocycles. The number of nitrogens with zero attached hydrogens (tertiary/aromatic N) is 5. The topological polar surface area (TPSA) is 70.4 Å². The Kier molecular flexibility index (Phi) is 8.33. The third-order valence-electron chi connectivity index (χ3n) is 6.76. The molecule has 2 fully saturated rings. The van der Waals surface area contributed by atoms with E-state index in [1.165, 1.54) is 58.0 Å². The van der Waals surface area contributed by atoms with Crippen molar-refractivity contribution in [1.29, 1.82) is 0 Å². The summed E-state index contributed by atoms with van der Waals surface area (Å²) in [7, 11) is 2.00. The monoisotopic (exact) mass is 403 g/mol. The number of piperidine rings is 1. The van der Waals surface area contributed by atoms with Gasteiger partial charge in [0.05, 0.1) is 0 Å². The van der Waals surface area contributed by atoms with Gasteiger partial charge in [0.2, 0.25) is 0 Å². The Morgan fingerprint density at radius 2 is 1.83 bits per heavy atom. The third-order valence-corrected chi connectivity index (χ3v) is 6.76. The van der Waals surface area contributed by atoms with Crippen LogP contribution in [0.3, 0.4) is 0 Å². The molecular weight excluding hydrogens is 362 g/mol. The Labute approximate surface area is 176 Å². The molecule has 0 spiro atoms. The van der Waals surface area contributed by atoms with Crippen LogP contribution in [0.4, 0.5) is 0 Å². The maximum Gasteiger partial charge on any atom is 0.191 e. The fourth-order valence-corrected chi connectivity index (χ4v) is 4.45. The zero-order valence-electron chi connectivity index (χ0n) is 19.0. The van der Waals surface area contributed by atoms with E-state index in [0.29, 0.717) is 12.6 Å². The number of hydrogen-bond donors (Lipinski definition) is 2. The van der Waals surface area contributed by atoms with E-state index in [0.717, 1.165) is 42.5 Å². The van der Waals surface area contributed by atoms with Gasteiger partial charge in [-0.2, -0.15) is 0 Å². The standard InChI is InChI=1S/C22H41N7/c1-5-6-13-23-22(24-16-21-27-26-18(3)28(21)4)25-19-7-9-20(10-8-19)29-14-11-17(2)12-15-29/h17,19-20H,5-16H2,1-4H3,(H2,23,24,25). The number of likely N-dealkylation sites (tertiary alicyclic amines) is 1. The molecule has 1 saturated carbocycles. The summed E-state index contributed by atoms with van der Waals surface area (Å²) in [5.41, 5.74) is 0. The van der Waals surface area contributed by atoms with E-state index >= 15 is 0 Å². The lowest BCUT2D eigenvalue weighted by atomic mass is 9.88. The average molecular weight is 404 g/mol. The fourth-order valence-electron chi connectivity index (χ4n) is 4.45. The molecule has 0 radical (unpaired) electrons. The Morgan fingerprint density at radius 1 is 1.10 bits per heavy atom. The van der Waals surface area contributed by atoms with Crippen LogP contribution in [0.25, 0.3) is 0 Å². The maximum atomic E-state index is 4.81. The Morgan fingerprint density at radius 3 is 2.45 bits per heavy atom. The van der Waals surface area contributed by atoms with Crippen LogP contribution in [0, 0.1) is 12.8 Å². The van der Waals surface area contributed by atoms with E-state index < -0.39 is 0 Å². The molecule has 7 heteroatoms. The molecule has 7 nitrogen and oxygen atoms in total. The summed E-state index contributed by atoms with van der Waals surface area (Å²) in [5.74, 6) is 3.67. The summed E-state index contributed by atoms with van der Waals surface area (Å²) in [5, 5.41) is 15.6. The molecule has 1 aliphatic heterocycles. The molecule has 0 unspecified atom stereocenters. The predicted octanol–water partition coefficient (Wildman–Crippen LogP) is 3.00. The van der Waals surface area contributed by atoms with E-state index in [-0.39, 0.29) is 0 Å². The number of rotatable bonds is 7. The summed E-state index contributed by atoms with van der Waals surface area (Å²) in [6, 6.07) is 1.31. The van der Waals surface area contributed by atoms with Crippen LogP contribution < -0.4 is 10.6 Å². The number of unbranched alkanes of at least 4 members (excludes halogenated alkanes) is 1. The lowest BCUT2D eigenvalue weighted by Gasteiger charge is -2.40. The molecule has 29 heavy (non-hydrogen) atoms. The van der Waals surface area contributed by atoms with Gasteiger partial charge in [0.25, 0.3) is 0 Å². The first kappa shape index (κ1) is 22.1. The SMILES string of the molecule is CCCCNC(=NCc1nnc(C)n1C)NC1CCC(N2CCC(C)CC2)CC1. The highest BCUT2D eigenvalue weighted by atomic mass is 15.3. The van der Waals surface area contributed by atoms with Crippen molar-refractivity contribution in [1.82, 2.24) is 30.3 Å². The van der Waals surface area contributed by atoms with Crippen molar-refractivity contribution in [2.45, 2.75) is 90.8 Å². The molecule has 1 aromatic heterocycles. The predicted molar refractivity (Wildman–Crippen MR) is 119 cm³/mol. The van der Waals surface area contributed by atoms with Gasteiger partial charge in [-0.15, -0.1) is 10.2 Å². The first-order valence-corrected chi connectivity index (χ1v) is 11.7. The van der Waals surface area contributed by atoms with Gasteiger partial charge in [0, 0.05) is 25.7 Å². The second-order valence-electron chi connectivity index (χ2n) is 9.04. The van der Waals surface area contributed by atoms with E-state index in [1.807, 2.05) is 18.5 Å². The quantitative estimate of drug-likeness (QED) is 0.416. The number of nitrogens with one attached hydrogen (secondary N) is 2. The molecule has 0 bridgehead atoms. The van der Waals surface area contributed by atoms with Gasteiger partial charge in [0.1, 0.15) is 12.4 Å². The molecule has 1 saturated heterocycles. The van der Waals surface area contributed by atoms with Crippen molar-refractivity contribution in [2.75, 3.05) is 19.6 Å². The maximum absolute atomic E-state index is 4.81. The molecule has 2 N–H and O–H groups in total. The lowest BCUT2D eigenvalue weighted by Crippen LogP contribution is -2.49. The van der Waals surface area contributed by atoms with Crippen molar-refractivity contribution in [2.24, 2.45) is 18.0 Å². The van der Waals surface area contributed by atoms with Crippen molar-refractivity contribution in [3.05, 3.63) is 11.6 Å². The molecule has 3 rings (SSSR count). The van der Waals surface area contributed by atoms with Gasteiger partial charge >= 0.3 is 0 Å². The largest absolute Gasteiger partial charge is 0.356 e. The second kappa shape index (κ2) is 11.0. The number of aromatic nitrogens is 3. The van der Waals surface area contributed by atoms with Crippen LogP contribution in [-0.2, 0) is 13.6 Å². The first-order chi connectivity index (χ1) is 14.1. The van der Waals surface area contributed by atoms with Crippen molar-refractivity contribution in [3.8, 4) is 0 Å². The molecule has 2 aliphatic rings. The minimum atomic E-state index is 0.518. The molecular formula is C22H41N7. The number of guanidine groups is 1. The Balaban J connectivity index is 1.51.